The Morgan fingerprint density at radius 3 is 2.64 bits per heavy atom. The number of halogens is 1. The molecule has 0 radical (unpaired) electrons. The van der Waals surface area contributed by atoms with Crippen molar-refractivity contribution in [1.29, 1.82) is 0 Å². The smallest absolute Gasteiger partial charge is 0.330 e. The van der Waals surface area contributed by atoms with Crippen molar-refractivity contribution in [1.82, 2.24) is 9.55 Å². The molecular weight excluding hydrogens is 560 g/mol. The predicted octanol–water partition coefficient (Wildman–Crippen LogP) is -0.188. The maximum atomic E-state index is 12.2. The Morgan fingerprint density at radius 1 is 1.23 bits per heavy atom. The van der Waals surface area contributed by atoms with E-state index in [4.69, 9.17) is 34.7 Å². The average Bonchev–Trinajstić information content (AvgIpc) is 3.51. The van der Waals surface area contributed by atoms with Crippen molar-refractivity contribution in [2.45, 2.75) is 56.4 Å². The standard InChI is InChI=1S/C24H29ClN2O11S/c1-13-7-27(23(31)26-21(13)30)19-6-17(29)18(37-19)10-35-22-16(8-28)20(24(38-22)11-36-39(32,33)12-24)34-9-14-2-4-15(25)5-3-14/h2-5,7,16-20,22,28-29H,6,8-12H2,1H3,(H,26,30,31)/t16-,17+,18-,19-,20+,22?,24?/m1/s1. The fraction of sp³-hybridized carbons (Fsp3) is 0.583. The second-order valence-corrected chi connectivity index (χ2v) is 12.0. The summed E-state index contributed by atoms with van der Waals surface area (Å²) in [6.07, 6.45) is -3.30. The highest BCUT2D eigenvalue weighted by Gasteiger charge is 2.62. The van der Waals surface area contributed by atoms with E-state index < -0.39 is 76.1 Å². The Bertz CT molecular complexity index is 1410. The number of aliphatic hydroxyl groups excluding tert-OH is 2. The molecule has 1 aromatic carbocycles. The Hall–Kier alpha value is -2.14. The predicted molar refractivity (Wildman–Crippen MR) is 134 cm³/mol. The van der Waals surface area contributed by atoms with E-state index in [1.165, 1.54) is 10.8 Å². The van der Waals surface area contributed by atoms with E-state index in [2.05, 4.69) is 4.98 Å². The van der Waals surface area contributed by atoms with Gasteiger partial charge in [-0.3, -0.25) is 18.5 Å². The molecule has 2 aromatic rings. The van der Waals surface area contributed by atoms with Gasteiger partial charge in [-0.25, -0.2) is 4.79 Å². The molecule has 3 aliphatic heterocycles. The van der Waals surface area contributed by atoms with Gasteiger partial charge < -0.3 is 29.2 Å². The van der Waals surface area contributed by atoms with Gasteiger partial charge in [-0.05, 0) is 24.6 Å². The van der Waals surface area contributed by atoms with Gasteiger partial charge in [-0.1, -0.05) is 23.7 Å². The average molecular weight is 589 g/mol. The highest BCUT2D eigenvalue weighted by Crippen LogP contribution is 2.43. The number of aryl methyl sites for hydroxylation is 1. The van der Waals surface area contributed by atoms with Crippen LogP contribution in [0.1, 0.15) is 23.8 Å². The monoisotopic (exact) mass is 588 g/mol. The van der Waals surface area contributed by atoms with Gasteiger partial charge in [0.2, 0.25) is 0 Å². The zero-order valence-corrected chi connectivity index (χ0v) is 22.5. The number of hydrogen-bond acceptors (Lipinski definition) is 11. The van der Waals surface area contributed by atoms with Crippen molar-refractivity contribution in [3.8, 4) is 0 Å². The summed E-state index contributed by atoms with van der Waals surface area (Å²) in [5.41, 5.74) is -1.52. The van der Waals surface area contributed by atoms with Crippen LogP contribution < -0.4 is 11.2 Å². The number of aliphatic hydroxyl groups is 2. The van der Waals surface area contributed by atoms with Crippen molar-refractivity contribution in [3.63, 3.8) is 0 Å². The summed E-state index contributed by atoms with van der Waals surface area (Å²) in [5, 5.41) is 21.4. The van der Waals surface area contributed by atoms with Crippen LogP contribution in [0.2, 0.25) is 5.02 Å². The minimum absolute atomic E-state index is 0.0667. The quantitative estimate of drug-likeness (QED) is 0.348. The summed E-state index contributed by atoms with van der Waals surface area (Å²) in [4.78, 5) is 26.1. The molecule has 3 aliphatic rings. The van der Waals surface area contributed by atoms with Crippen LogP contribution in [0, 0.1) is 12.8 Å². The third kappa shape index (κ3) is 5.85. The van der Waals surface area contributed by atoms with Crippen LogP contribution >= 0.6 is 11.6 Å². The lowest BCUT2D eigenvalue weighted by molar-refractivity contribution is -0.200. The fourth-order valence-corrected chi connectivity index (χ4v) is 6.63. The van der Waals surface area contributed by atoms with Gasteiger partial charge in [0.05, 0.1) is 38.4 Å². The molecule has 1 aromatic heterocycles. The first-order chi connectivity index (χ1) is 18.5. The molecule has 0 amide bonds. The minimum atomic E-state index is -3.88. The molecule has 39 heavy (non-hydrogen) atoms. The van der Waals surface area contributed by atoms with E-state index in [0.717, 1.165) is 5.56 Å². The Labute approximate surface area is 228 Å². The van der Waals surface area contributed by atoms with Gasteiger partial charge in [-0.2, -0.15) is 8.42 Å². The van der Waals surface area contributed by atoms with Crippen molar-refractivity contribution in [2.24, 2.45) is 5.92 Å². The van der Waals surface area contributed by atoms with E-state index >= 15 is 0 Å². The zero-order chi connectivity index (χ0) is 27.9. The lowest BCUT2D eigenvalue weighted by Crippen LogP contribution is -2.47. The molecule has 3 saturated heterocycles. The molecule has 4 heterocycles. The third-order valence-corrected chi connectivity index (χ3v) is 8.72. The van der Waals surface area contributed by atoms with Crippen LogP contribution in [0.3, 0.4) is 0 Å². The summed E-state index contributed by atoms with van der Waals surface area (Å²) in [6.45, 7) is 0.692. The highest BCUT2D eigenvalue weighted by molar-refractivity contribution is 7.87. The van der Waals surface area contributed by atoms with E-state index in [1.54, 1.807) is 31.2 Å². The molecule has 2 unspecified atom stereocenters. The number of H-pyrrole nitrogens is 1. The normalized spacial score (nSPS) is 33.7. The van der Waals surface area contributed by atoms with Gasteiger partial charge >= 0.3 is 5.69 Å². The second-order valence-electron chi connectivity index (χ2n) is 9.96. The van der Waals surface area contributed by atoms with Crippen LogP contribution in [-0.2, 0) is 39.9 Å². The molecule has 3 N–H and O–H groups in total. The number of benzene rings is 1. The van der Waals surface area contributed by atoms with Gasteiger partial charge in [0.25, 0.3) is 15.7 Å². The second kappa shape index (κ2) is 11.0. The number of ether oxygens (including phenoxy) is 4. The first-order valence-corrected chi connectivity index (χ1v) is 14.2. The van der Waals surface area contributed by atoms with Crippen LogP contribution in [0.5, 0.6) is 0 Å². The van der Waals surface area contributed by atoms with Gasteiger partial charge in [0, 0.05) is 23.2 Å². The summed E-state index contributed by atoms with van der Waals surface area (Å²) < 4.78 is 54.5. The minimum Gasteiger partial charge on any atom is -0.396 e. The molecule has 0 aliphatic carbocycles. The van der Waals surface area contributed by atoms with Gasteiger partial charge in [0.1, 0.15) is 29.8 Å². The number of aromatic amines is 1. The van der Waals surface area contributed by atoms with Crippen LogP contribution in [0.25, 0.3) is 0 Å². The van der Waals surface area contributed by atoms with E-state index in [1.807, 2.05) is 0 Å². The van der Waals surface area contributed by atoms with E-state index in [-0.39, 0.29) is 26.2 Å². The molecule has 0 bridgehead atoms. The number of nitrogens with one attached hydrogen (secondary N) is 1. The molecular formula is C24H29ClN2O11S. The Kier molecular flexibility index (Phi) is 8.03. The van der Waals surface area contributed by atoms with Gasteiger partial charge in [0.15, 0.2) is 6.29 Å². The van der Waals surface area contributed by atoms with Crippen LogP contribution in [-0.4, -0.2) is 84.0 Å². The lowest BCUT2D eigenvalue weighted by Gasteiger charge is -2.28. The largest absolute Gasteiger partial charge is 0.396 e. The third-order valence-electron chi connectivity index (χ3n) is 7.15. The highest BCUT2D eigenvalue weighted by atomic mass is 35.5. The summed E-state index contributed by atoms with van der Waals surface area (Å²) in [7, 11) is -3.88. The molecule has 5 rings (SSSR count). The first kappa shape index (κ1) is 28.4. The van der Waals surface area contributed by atoms with E-state index in [0.29, 0.717) is 10.6 Å². The SMILES string of the molecule is Cc1cn([C@H]2C[C@H](O)[C@@H](COC3OC4(COS(=O)(=O)C4)[C@@H](OCc4ccc(Cl)cc4)[C@H]3CO)O2)c(=O)[nH]c1=O. The molecule has 1 spiro atoms. The summed E-state index contributed by atoms with van der Waals surface area (Å²) in [6, 6.07) is 6.92. The van der Waals surface area contributed by atoms with Crippen molar-refractivity contribution >= 4 is 21.7 Å². The molecule has 7 atom stereocenters. The van der Waals surface area contributed by atoms with Crippen LogP contribution in [0.4, 0.5) is 0 Å². The Balaban J connectivity index is 1.29. The molecule has 15 heteroatoms. The van der Waals surface area contributed by atoms with E-state index in [9.17, 15) is 28.2 Å². The first-order valence-electron chi connectivity index (χ1n) is 12.3. The fourth-order valence-electron chi connectivity index (χ4n) is 5.13. The van der Waals surface area contributed by atoms with Crippen LogP contribution in [0.15, 0.2) is 40.1 Å². The summed E-state index contributed by atoms with van der Waals surface area (Å²) >= 11 is 5.94. The maximum absolute atomic E-state index is 12.2. The topological polar surface area (TPSA) is 176 Å². The molecule has 13 nitrogen and oxygen atoms in total. The molecule has 0 saturated carbocycles. The van der Waals surface area contributed by atoms with Crippen molar-refractivity contribution in [2.75, 3.05) is 25.6 Å². The zero-order valence-electron chi connectivity index (χ0n) is 20.9. The summed E-state index contributed by atoms with van der Waals surface area (Å²) in [5.74, 6) is -1.27. The number of hydrogen-bond donors (Lipinski definition) is 3. The number of aromatic nitrogens is 2. The van der Waals surface area contributed by atoms with Crippen molar-refractivity contribution in [3.05, 3.63) is 67.4 Å². The maximum Gasteiger partial charge on any atom is 0.330 e. The number of nitrogens with zero attached hydrogens (tertiary/aromatic N) is 1. The Morgan fingerprint density at radius 2 is 1.97 bits per heavy atom. The lowest BCUT2D eigenvalue weighted by atomic mass is 9.92. The number of rotatable bonds is 8. The van der Waals surface area contributed by atoms with Gasteiger partial charge in [-0.15, -0.1) is 0 Å². The van der Waals surface area contributed by atoms with Crippen molar-refractivity contribution < 1.29 is 41.8 Å². The molecule has 3 fully saturated rings. The molecule has 214 valence electrons.